The van der Waals surface area contributed by atoms with E-state index in [0.29, 0.717) is 17.1 Å². The van der Waals surface area contributed by atoms with Gasteiger partial charge in [0.05, 0.1) is 28.5 Å². The van der Waals surface area contributed by atoms with Crippen molar-refractivity contribution in [2.75, 3.05) is 18.1 Å². The molecule has 0 aromatic heterocycles. The van der Waals surface area contributed by atoms with Crippen LogP contribution in [0.15, 0.2) is 45.8 Å². The van der Waals surface area contributed by atoms with Gasteiger partial charge in [0.15, 0.2) is 0 Å². The minimum atomic E-state index is -0.930. The smallest absolute Gasteiger partial charge is 0.243 e. The van der Waals surface area contributed by atoms with Gasteiger partial charge in [0.1, 0.15) is 5.92 Å². The van der Waals surface area contributed by atoms with Crippen molar-refractivity contribution in [1.29, 1.82) is 10.5 Å². The van der Waals surface area contributed by atoms with Gasteiger partial charge < -0.3 is 10.6 Å². The molecule has 0 saturated carbocycles. The third kappa shape index (κ3) is 5.29. The highest BCUT2D eigenvalue weighted by Crippen LogP contribution is 2.41. The van der Waals surface area contributed by atoms with Crippen molar-refractivity contribution < 1.29 is 9.59 Å². The fourth-order valence-electron chi connectivity index (χ4n) is 2.60. The zero-order valence-corrected chi connectivity index (χ0v) is 16.7. The SMILES string of the molecule is CC1(C)C(C#N)=C(SCC(=O)NCCSc2ccccc2)NC(=O)[C@H]1C#N. The number of hydrogen-bond donors (Lipinski definition) is 2. The van der Waals surface area contributed by atoms with Crippen LogP contribution in [0.3, 0.4) is 0 Å². The number of nitriles is 2. The Morgan fingerprint density at radius 2 is 1.96 bits per heavy atom. The van der Waals surface area contributed by atoms with Gasteiger partial charge in [0.2, 0.25) is 11.8 Å². The summed E-state index contributed by atoms with van der Waals surface area (Å²) >= 11 is 2.76. The van der Waals surface area contributed by atoms with Crippen molar-refractivity contribution in [3.8, 4) is 12.1 Å². The molecule has 0 radical (unpaired) electrons. The largest absolute Gasteiger partial charge is 0.355 e. The Hall–Kier alpha value is -2.42. The van der Waals surface area contributed by atoms with Crippen LogP contribution in [0.2, 0.25) is 0 Å². The third-order valence-electron chi connectivity index (χ3n) is 4.12. The lowest BCUT2D eigenvalue weighted by atomic mass is 9.72. The number of carbonyl (C=O) groups excluding carboxylic acids is 2. The lowest BCUT2D eigenvalue weighted by molar-refractivity contribution is -0.125. The van der Waals surface area contributed by atoms with Gasteiger partial charge in [-0.15, -0.1) is 11.8 Å². The first-order valence-electron chi connectivity index (χ1n) is 8.32. The summed E-state index contributed by atoms with van der Waals surface area (Å²) in [6.45, 7) is 3.91. The molecule has 6 nitrogen and oxygen atoms in total. The number of benzene rings is 1. The number of amides is 2. The molecule has 0 bridgehead atoms. The van der Waals surface area contributed by atoms with Crippen LogP contribution in [0.25, 0.3) is 0 Å². The minimum absolute atomic E-state index is 0.0874. The van der Waals surface area contributed by atoms with E-state index < -0.39 is 17.2 Å². The van der Waals surface area contributed by atoms with E-state index in [-0.39, 0.29) is 11.7 Å². The van der Waals surface area contributed by atoms with E-state index in [4.69, 9.17) is 0 Å². The summed E-state index contributed by atoms with van der Waals surface area (Å²) in [7, 11) is 0. The van der Waals surface area contributed by atoms with Crippen molar-refractivity contribution in [3.05, 3.63) is 40.9 Å². The Bertz CT molecular complexity index is 822. The summed E-state index contributed by atoms with van der Waals surface area (Å²) < 4.78 is 0. The molecule has 0 aliphatic carbocycles. The number of rotatable bonds is 7. The first-order chi connectivity index (χ1) is 12.9. The summed E-state index contributed by atoms with van der Waals surface area (Å²) in [6.07, 6.45) is 0. The Morgan fingerprint density at radius 3 is 2.59 bits per heavy atom. The second-order valence-electron chi connectivity index (χ2n) is 6.39. The van der Waals surface area contributed by atoms with Gasteiger partial charge in [0.25, 0.3) is 0 Å². The molecule has 0 saturated heterocycles. The van der Waals surface area contributed by atoms with Gasteiger partial charge in [-0.25, -0.2) is 0 Å². The molecule has 1 aliphatic rings. The van der Waals surface area contributed by atoms with Gasteiger partial charge >= 0.3 is 0 Å². The second-order valence-corrected chi connectivity index (χ2v) is 8.54. The number of carbonyl (C=O) groups is 2. The number of thioether (sulfide) groups is 2. The van der Waals surface area contributed by atoms with Gasteiger partial charge in [0, 0.05) is 22.6 Å². The number of nitrogens with zero attached hydrogens (tertiary/aromatic N) is 2. The monoisotopic (exact) mass is 400 g/mol. The van der Waals surface area contributed by atoms with Crippen molar-refractivity contribution in [2.24, 2.45) is 11.3 Å². The van der Waals surface area contributed by atoms with Crippen molar-refractivity contribution in [3.63, 3.8) is 0 Å². The summed E-state index contributed by atoms with van der Waals surface area (Å²) in [4.78, 5) is 25.3. The van der Waals surface area contributed by atoms with Crippen molar-refractivity contribution >= 4 is 35.3 Å². The predicted molar refractivity (Wildman–Crippen MR) is 106 cm³/mol. The first kappa shape index (κ1) is 20.9. The zero-order chi connectivity index (χ0) is 19.9. The molecular weight excluding hydrogens is 380 g/mol. The standard InChI is InChI=1S/C19H20N4O2S2/c1-19(2)14(10-20)17(25)23-18(15(19)11-21)27-12-16(24)22-8-9-26-13-6-4-3-5-7-13/h3-7,14H,8-9,12H2,1-2H3,(H,22,24)(H,23,25)/t14-/m1/s1. The van der Waals surface area contributed by atoms with E-state index in [1.54, 1.807) is 25.6 Å². The molecule has 0 unspecified atom stereocenters. The maximum absolute atomic E-state index is 12.1. The quantitative estimate of drug-likeness (QED) is 0.538. The van der Waals surface area contributed by atoms with Crippen LogP contribution in [0.4, 0.5) is 0 Å². The minimum Gasteiger partial charge on any atom is -0.355 e. The fraction of sp³-hybridized carbons (Fsp3) is 0.368. The van der Waals surface area contributed by atoms with E-state index in [2.05, 4.69) is 16.7 Å². The van der Waals surface area contributed by atoms with Crippen molar-refractivity contribution in [2.45, 2.75) is 18.7 Å². The molecule has 2 N–H and O–H groups in total. The highest BCUT2D eigenvalue weighted by atomic mass is 32.2. The van der Waals surface area contributed by atoms with Crippen LogP contribution in [0, 0.1) is 34.0 Å². The molecule has 0 spiro atoms. The van der Waals surface area contributed by atoms with E-state index >= 15 is 0 Å². The molecule has 8 heteroatoms. The third-order valence-corrected chi connectivity index (χ3v) is 6.13. The average molecular weight is 401 g/mol. The van der Waals surface area contributed by atoms with Gasteiger partial charge in [-0.2, -0.15) is 10.5 Å². The average Bonchev–Trinajstić information content (AvgIpc) is 2.64. The molecule has 27 heavy (non-hydrogen) atoms. The van der Waals surface area contributed by atoms with Crippen LogP contribution >= 0.6 is 23.5 Å². The molecular formula is C19H20N4O2S2. The van der Waals surface area contributed by atoms with Gasteiger partial charge in [-0.05, 0) is 12.1 Å². The van der Waals surface area contributed by atoms with Crippen LogP contribution in [-0.4, -0.2) is 29.9 Å². The molecule has 1 aromatic carbocycles. The predicted octanol–water partition coefficient (Wildman–Crippen LogP) is 2.66. The second kappa shape index (κ2) is 9.50. The van der Waals surface area contributed by atoms with Gasteiger partial charge in [-0.3, -0.25) is 9.59 Å². The Labute approximate surface area is 167 Å². The maximum atomic E-state index is 12.1. The maximum Gasteiger partial charge on any atom is 0.243 e. The zero-order valence-electron chi connectivity index (χ0n) is 15.1. The highest BCUT2D eigenvalue weighted by molar-refractivity contribution is 8.03. The van der Waals surface area contributed by atoms with E-state index in [1.165, 1.54) is 0 Å². The lowest BCUT2D eigenvalue weighted by Gasteiger charge is -2.34. The van der Waals surface area contributed by atoms with E-state index in [0.717, 1.165) is 22.4 Å². The molecule has 1 atom stereocenters. The number of hydrogen-bond acceptors (Lipinski definition) is 6. The van der Waals surface area contributed by atoms with Crippen LogP contribution in [-0.2, 0) is 9.59 Å². The topological polar surface area (TPSA) is 106 Å². The fourth-order valence-corrected chi connectivity index (χ4v) is 4.39. The van der Waals surface area contributed by atoms with Crippen LogP contribution < -0.4 is 10.6 Å². The lowest BCUT2D eigenvalue weighted by Crippen LogP contribution is -2.44. The van der Waals surface area contributed by atoms with Gasteiger partial charge in [-0.1, -0.05) is 43.8 Å². The summed E-state index contributed by atoms with van der Waals surface area (Å²) in [5.74, 6) is -0.707. The Morgan fingerprint density at radius 1 is 1.26 bits per heavy atom. The summed E-state index contributed by atoms with van der Waals surface area (Å²) in [6, 6.07) is 14.0. The summed E-state index contributed by atoms with van der Waals surface area (Å²) in [5.41, 5.74) is -0.567. The molecule has 2 rings (SSSR count). The molecule has 0 fully saturated rings. The molecule has 1 heterocycles. The normalized spacial score (nSPS) is 18.2. The number of nitrogens with one attached hydrogen (secondary N) is 2. The Kier molecular flexibility index (Phi) is 7.35. The first-order valence-corrected chi connectivity index (χ1v) is 10.3. The van der Waals surface area contributed by atoms with Crippen LogP contribution in [0.1, 0.15) is 13.8 Å². The van der Waals surface area contributed by atoms with E-state index in [9.17, 15) is 20.1 Å². The molecule has 2 amide bonds. The molecule has 140 valence electrons. The highest BCUT2D eigenvalue weighted by Gasteiger charge is 2.44. The van der Waals surface area contributed by atoms with Crippen molar-refractivity contribution in [1.82, 2.24) is 10.6 Å². The number of allylic oxidation sites excluding steroid dienone is 1. The molecule has 1 aromatic rings. The molecule has 1 aliphatic heterocycles. The van der Waals surface area contributed by atoms with E-state index in [1.807, 2.05) is 36.4 Å². The van der Waals surface area contributed by atoms with Crippen LogP contribution in [0.5, 0.6) is 0 Å². The summed E-state index contributed by atoms with van der Waals surface area (Å²) in [5, 5.41) is 24.4. The Balaban J connectivity index is 1.86.